The first-order valence-electron chi connectivity index (χ1n) is 8.78. The van der Waals surface area contributed by atoms with Gasteiger partial charge in [0.1, 0.15) is 11.5 Å². The first-order valence-corrected chi connectivity index (χ1v) is 9.77. The molecule has 0 fully saturated rings. The number of aromatic nitrogens is 3. The Morgan fingerprint density at radius 2 is 1.79 bits per heavy atom. The average Bonchev–Trinajstić information content (AvgIpc) is 3.21. The molecule has 3 rings (SSSR count). The number of thioether (sulfide) groups is 1. The van der Waals surface area contributed by atoms with E-state index in [2.05, 4.69) is 39.6 Å². The molecule has 0 spiro atoms. The Kier molecular flexibility index (Phi) is 6.54. The number of methoxy groups -OCH3 is 2. The van der Waals surface area contributed by atoms with Gasteiger partial charge in [0.25, 0.3) is 0 Å². The number of nitrogens with one attached hydrogen (secondary N) is 2. The first-order chi connectivity index (χ1) is 13.6. The van der Waals surface area contributed by atoms with E-state index >= 15 is 0 Å². The molecule has 0 saturated heterocycles. The maximum atomic E-state index is 12.3. The Bertz CT molecular complexity index is 919. The summed E-state index contributed by atoms with van der Waals surface area (Å²) in [7, 11) is 3.12. The Balaban J connectivity index is 1.58. The van der Waals surface area contributed by atoms with Crippen molar-refractivity contribution < 1.29 is 14.3 Å². The molecule has 1 aromatic heterocycles. The van der Waals surface area contributed by atoms with Gasteiger partial charge >= 0.3 is 0 Å². The minimum atomic E-state index is -0.168. The SMILES string of the molecule is CCc1ccc(-c2nc(SCC(=O)Nc3cc(OC)cc(OC)c3)n[nH]2)cc1. The van der Waals surface area contributed by atoms with Gasteiger partial charge in [0.2, 0.25) is 11.1 Å². The van der Waals surface area contributed by atoms with E-state index in [0.717, 1.165) is 12.0 Å². The van der Waals surface area contributed by atoms with Crippen molar-refractivity contribution in [2.45, 2.75) is 18.5 Å². The van der Waals surface area contributed by atoms with Gasteiger partial charge in [0, 0.05) is 29.4 Å². The highest BCUT2D eigenvalue weighted by atomic mass is 32.2. The van der Waals surface area contributed by atoms with Crippen LogP contribution in [-0.2, 0) is 11.2 Å². The molecule has 28 heavy (non-hydrogen) atoms. The number of aromatic amines is 1. The van der Waals surface area contributed by atoms with Gasteiger partial charge in [-0.2, -0.15) is 0 Å². The van der Waals surface area contributed by atoms with E-state index in [1.165, 1.54) is 17.3 Å². The minimum absolute atomic E-state index is 0.168. The average molecular weight is 398 g/mol. The lowest BCUT2D eigenvalue weighted by molar-refractivity contribution is -0.113. The number of ether oxygens (including phenoxy) is 2. The number of H-pyrrole nitrogens is 1. The summed E-state index contributed by atoms with van der Waals surface area (Å²) >= 11 is 1.26. The van der Waals surface area contributed by atoms with Gasteiger partial charge in [-0.05, 0) is 12.0 Å². The summed E-state index contributed by atoms with van der Waals surface area (Å²) in [5, 5.41) is 10.4. The predicted octanol–water partition coefficient (Wildman–Crippen LogP) is 3.78. The maximum absolute atomic E-state index is 12.3. The van der Waals surface area contributed by atoms with Gasteiger partial charge in [-0.3, -0.25) is 9.89 Å². The standard InChI is InChI=1S/C20H22N4O3S/c1-4-13-5-7-14(8-6-13)19-22-20(24-23-19)28-12-18(25)21-15-9-16(26-2)11-17(10-15)27-3/h5-11H,4,12H2,1-3H3,(H,21,25)(H,22,23,24). The van der Waals surface area contributed by atoms with Gasteiger partial charge < -0.3 is 14.8 Å². The van der Waals surface area contributed by atoms with Crippen molar-refractivity contribution in [3.05, 3.63) is 48.0 Å². The van der Waals surface area contributed by atoms with Crippen molar-refractivity contribution in [3.63, 3.8) is 0 Å². The van der Waals surface area contributed by atoms with E-state index in [4.69, 9.17) is 9.47 Å². The molecule has 0 bridgehead atoms. The zero-order valence-corrected chi connectivity index (χ0v) is 16.8. The predicted molar refractivity (Wildman–Crippen MR) is 110 cm³/mol. The summed E-state index contributed by atoms with van der Waals surface area (Å²) < 4.78 is 10.4. The lowest BCUT2D eigenvalue weighted by Gasteiger charge is -2.09. The van der Waals surface area contributed by atoms with Gasteiger partial charge in [-0.15, -0.1) is 5.10 Å². The third-order valence-corrected chi connectivity index (χ3v) is 4.92. The fraction of sp³-hybridized carbons (Fsp3) is 0.250. The highest BCUT2D eigenvalue weighted by Gasteiger charge is 2.10. The summed E-state index contributed by atoms with van der Waals surface area (Å²) in [6.45, 7) is 2.12. The molecule has 0 atom stereocenters. The van der Waals surface area contributed by atoms with Crippen molar-refractivity contribution in [3.8, 4) is 22.9 Å². The summed E-state index contributed by atoms with van der Waals surface area (Å²) in [5.41, 5.74) is 2.83. The van der Waals surface area contributed by atoms with E-state index in [0.29, 0.717) is 28.2 Å². The second-order valence-corrected chi connectivity index (χ2v) is 6.90. The van der Waals surface area contributed by atoms with Gasteiger partial charge in [0.05, 0.1) is 20.0 Å². The quantitative estimate of drug-likeness (QED) is 0.561. The van der Waals surface area contributed by atoms with Crippen LogP contribution in [-0.4, -0.2) is 41.1 Å². The maximum Gasteiger partial charge on any atom is 0.234 e. The monoisotopic (exact) mass is 398 g/mol. The summed E-state index contributed by atoms with van der Waals surface area (Å²) in [6.07, 6.45) is 0.992. The Morgan fingerprint density at radius 1 is 1.11 bits per heavy atom. The topological polar surface area (TPSA) is 89.1 Å². The van der Waals surface area contributed by atoms with Crippen LogP contribution >= 0.6 is 11.8 Å². The fourth-order valence-corrected chi connectivity index (χ4v) is 3.14. The molecule has 3 aromatic rings. The van der Waals surface area contributed by atoms with Crippen LogP contribution in [0.4, 0.5) is 5.69 Å². The number of carbonyl (C=O) groups excluding carboxylic acids is 1. The van der Waals surface area contributed by atoms with E-state index in [9.17, 15) is 4.79 Å². The van der Waals surface area contributed by atoms with Gasteiger partial charge in [0.15, 0.2) is 5.82 Å². The van der Waals surface area contributed by atoms with E-state index in [-0.39, 0.29) is 11.7 Å². The van der Waals surface area contributed by atoms with Crippen LogP contribution in [0.3, 0.4) is 0 Å². The zero-order valence-electron chi connectivity index (χ0n) is 16.0. The van der Waals surface area contributed by atoms with E-state index in [1.54, 1.807) is 32.4 Å². The smallest absolute Gasteiger partial charge is 0.234 e. The number of aryl methyl sites for hydroxylation is 1. The number of amides is 1. The number of hydrogen-bond donors (Lipinski definition) is 2. The Morgan fingerprint density at radius 3 is 2.39 bits per heavy atom. The van der Waals surface area contributed by atoms with Crippen LogP contribution in [0.2, 0.25) is 0 Å². The molecule has 8 heteroatoms. The van der Waals surface area contributed by atoms with Crippen molar-refractivity contribution >= 4 is 23.4 Å². The third-order valence-electron chi connectivity index (χ3n) is 4.07. The number of benzene rings is 2. The number of hydrogen-bond acceptors (Lipinski definition) is 6. The van der Waals surface area contributed by atoms with E-state index in [1.807, 2.05) is 12.1 Å². The second kappa shape index (κ2) is 9.27. The zero-order chi connectivity index (χ0) is 19.9. The van der Waals surface area contributed by atoms with Crippen LogP contribution in [0.25, 0.3) is 11.4 Å². The Hall–Kier alpha value is -3.00. The largest absolute Gasteiger partial charge is 0.497 e. The van der Waals surface area contributed by atoms with Crippen LogP contribution in [0.1, 0.15) is 12.5 Å². The number of anilines is 1. The lowest BCUT2D eigenvalue weighted by atomic mass is 10.1. The summed E-state index contributed by atoms with van der Waals surface area (Å²) in [4.78, 5) is 16.7. The molecule has 0 aliphatic heterocycles. The molecule has 0 aliphatic carbocycles. The third kappa shape index (κ3) is 5.04. The van der Waals surface area contributed by atoms with Crippen LogP contribution in [0, 0.1) is 0 Å². The summed E-state index contributed by atoms with van der Waals surface area (Å²) in [6, 6.07) is 13.4. The van der Waals surface area contributed by atoms with E-state index < -0.39 is 0 Å². The summed E-state index contributed by atoms with van der Waals surface area (Å²) in [5.74, 6) is 1.91. The molecule has 0 aliphatic rings. The normalized spacial score (nSPS) is 10.5. The van der Waals surface area contributed by atoms with Crippen LogP contribution in [0.5, 0.6) is 11.5 Å². The molecular formula is C20H22N4O3S. The lowest BCUT2D eigenvalue weighted by Crippen LogP contribution is -2.14. The second-order valence-electron chi connectivity index (χ2n) is 5.96. The van der Waals surface area contributed by atoms with Gasteiger partial charge in [-0.1, -0.05) is 43.0 Å². The number of carbonyl (C=O) groups is 1. The number of nitrogens with zero attached hydrogens (tertiary/aromatic N) is 2. The molecule has 7 nitrogen and oxygen atoms in total. The molecule has 1 heterocycles. The molecule has 146 valence electrons. The molecule has 1 amide bonds. The molecule has 0 saturated carbocycles. The van der Waals surface area contributed by atoms with Gasteiger partial charge in [-0.25, -0.2) is 4.98 Å². The molecule has 2 N–H and O–H groups in total. The molecule has 0 radical (unpaired) electrons. The van der Waals surface area contributed by atoms with Crippen molar-refractivity contribution in [2.24, 2.45) is 0 Å². The van der Waals surface area contributed by atoms with Crippen molar-refractivity contribution in [1.82, 2.24) is 15.2 Å². The first kappa shape index (κ1) is 19.8. The fourth-order valence-electron chi connectivity index (χ4n) is 2.55. The minimum Gasteiger partial charge on any atom is -0.497 e. The molecule has 2 aromatic carbocycles. The van der Waals surface area contributed by atoms with Crippen molar-refractivity contribution in [1.29, 1.82) is 0 Å². The van der Waals surface area contributed by atoms with Crippen LogP contribution in [0.15, 0.2) is 47.6 Å². The highest BCUT2D eigenvalue weighted by Crippen LogP contribution is 2.26. The van der Waals surface area contributed by atoms with Crippen LogP contribution < -0.4 is 14.8 Å². The Labute approximate surface area is 167 Å². The molecular weight excluding hydrogens is 376 g/mol. The number of rotatable bonds is 8. The molecule has 0 unspecified atom stereocenters. The highest BCUT2D eigenvalue weighted by molar-refractivity contribution is 7.99. The van der Waals surface area contributed by atoms with Crippen molar-refractivity contribution in [2.75, 3.05) is 25.3 Å².